The topological polar surface area (TPSA) is 103 Å². The molecule has 2 fully saturated rings. The predicted octanol–water partition coefficient (Wildman–Crippen LogP) is 3.55. The number of aryl methyl sites for hydroxylation is 2. The first-order valence-electron chi connectivity index (χ1n) is 13.2. The van der Waals surface area contributed by atoms with E-state index in [9.17, 15) is 4.79 Å². The number of carbonyl (C=O) groups excluding carboxylic acids is 1. The van der Waals surface area contributed by atoms with Gasteiger partial charge in [0, 0.05) is 61.9 Å². The van der Waals surface area contributed by atoms with Crippen LogP contribution in [0.25, 0.3) is 0 Å². The number of hydrogen-bond acceptors (Lipinski definition) is 7. The van der Waals surface area contributed by atoms with Gasteiger partial charge in [-0.2, -0.15) is 5.10 Å². The zero-order valence-electron chi connectivity index (χ0n) is 22.5. The number of urea groups is 1. The molecule has 0 spiro atoms. The van der Waals surface area contributed by atoms with Crippen molar-refractivity contribution in [2.75, 3.05) is 38.2 Å². The average Bonchev–Trinajstić information content (AvgIpc) is 3.33. The Bertz CT molecular complexity index is 1090. The average molecular weight is 497 g/mol. The Morgan fingerprint density at radius 1 is 1.14 bits per heavy atom. The van der Waals surface area contributed by atoms with E-state index in [1.54, 1.807) is 0 Å². The van der Waals surface area contributed by atoms with Gasteiger partial charge in [0.2, 0.25) is 5.95 Å². The van der Waals surface area contributed by atoms with Crippen molar-refractivity contribution < 1.29 is 9.53 Å². The maximum absolute atomic E-state index is 13.9. The Labute approximate surface area is 213 Å². The summed E-state index contributed by atoms with van der Waals surface area (Å²) in [5, 5.41) is 11.0. The number of fused-ring (bicyclic) bond motifs is 1. The summed E-state index contributed by atoms with van der Waals surface area (Å²) >= 11 is 0. The van der Waals surface area contributed by atoms with Crippen LogP contribution < -0.4 is 5.32 Å². The molecule has 2 saturated heterocycles. The van der Waals surface area contributed by atoms with Crippen LogP contribution in [0.1, 0.15) is 63.2 Å². The molecular weight excluding hydrogens is 456 g/mol. The Hall–Kier alpha value is -2.72. The van der Waals surface area contributed by atoms with E-state index in [4.69, 9.17) is 4.74 Å². The van der Waals surface area contributed by atoms with Crippen LogP contribution in [0.5, 0.6) is 0 Å². The highest BCUT2D eigenvalue weighted by Crippen LogP contribution is 2.42. The molecule has 0 aromatic carbocycles. The van der Waals surface area contributed by atoms with Gasteiger partial charge in [0.1, 0.15) is 0 Å². The summed E-state index contributed by atoms with van der Waals surface area (Å²) in [5.74, 6) is 1.89. The van der Waals surface area contributed by atoms with Crippen LogP contribution in [0.3, 0.4) is 0 Å². The standard InChI is InChI=1S/C26H40N8O2/c1-16-11-17(2)28-24(27-16)29-23-21-15-34(26(5,6)22(21)30-31-23)25(35)33-13-18(3)32(12-19(33)4)14-20-7-9-36-10-8-20/h11,18-20H,7-10,12-15H2,1-6H3,(H2,27,28,29,30,31)/t18-,19+/m1/s1. The second kappa shape index (κ2) is 9.63. The van der Waals surface area contributed by atoms with Crippen molar-refractivity contribution in [3.8, 4) is 0 Å². The Balaban J connectivity index is 1.28. The molecule has 0 aliphatic carbocycles. The van der Waals surface area contributed by atoms with E-state index in [0.29, 0.717) is 30.3 Å². The van der Waals surface area contributed by atoms with E-state index in [1.807, 2.05) is 24.8 Å². The number of anilines is 2. The number of H-pyrrole nitrogens is 1. The van der Waals surface area contributed by atoms with Crippen LogP contribution >= 0.6 is 0 Å². The molecule has 2 atom stereocenters. The molecule has 0 radical (unpaired) electrons. The maximum atomic E-state index is 13.9. The summed E-state index contributed by atoms with van der Waals surface area (Å²) in [4.78, 5) is 29.5. The number of aromatic amines is 1. The first-order chi connectivity index (χ1) is 17.1. The molecule has 2 amide bonds. The third kappa shape index (κ3) is 4.68. The first-order valence-corrected chi connectivity index (χ1v) is 13.2. The molecule has 2 aromatic rings. The number of nitrogens with zero attached hydrogens (tertiary/aromatic N) is 6. The quantitative estimate of drug-likeness (QED) is 0.667. The monoisotopic (exact) mass is 496 g/mol. The van der Waals surface area contributed by atoms with E-state index in [-0.39, 0.29) is 12.1 Å². The zero-order chi connectivity index (χ0) is 25.6. The summed E-state index contributed by atoms with van der Waals surface area (Å²) in [6.45, 7) is 17.5. The minimum absolute atomic E-state index is 0.0864. The van der Waals surface area contributed by atoms with Gasteiger partial charge in [-0.05, 0) is 66.4 Å². The van der Waals surface area contributed by atoms with E-state index in [2.05, 4.69) is 63.0 Å². The molecule has 10 nitrogen and oxygen atoms in total. The predicted molar refractivity (Wildman–Crippen MR) is 138 cm³/mol. The minimum atomic E-state index is -0.495. The second-order valence-electron chi connectivity index (χ2n) is 11.3. The number of carbonyl (C=O) groups is 1. The molecule has 0 bridgehead atoms. The number of piperazine rings is 1. The van der Waals surface area contributed by atoms with Crippen molar-refractivity contribution in [1.29, 1.82) is 0 Å². The Morgan fingerprint density at radius 3 is 2.53 bits per heavy atom. The molecule has 3 aliphatic rings. The number of aromatic nitrogens is 4. The number of amides is 2. The van der Waals surface area contributed by atoms with Gasteiger partial charge in [-0.15, -0.1) is 0 Å². The number of hydrogen-bond donors (Lipinski definition) is 2. The van der Waals surface area contributed by atoms with Gasteiger partial charge >= 0.3 is 6.03 Å². The molecule has 0 unspecified atom stereocenters. The highest BCUT2D eigenvalue weighted by Gasteiger charge is 2.47. The van der Waals surface area contributed by atoms with Crippen LogP contribution in [0.2, 0.25) is 0 Å². The molecule has 10 heteroatoms. The minimum Gasteiger partial charge on any atom is -0.381 e. The van der Waals surface area contributed by atoms with Gasteiger partial charge in [-0.3, -0.25) is 10.00 Å². The Kier molecular flexibility index (Phi) is 6.67. The summed E-state index contributed by atoms with van der Waals surface area (Å²) in [7, 11) is 0. The van der Waals surface area contributed by atoms with Crippen molar-refractivity contribution in [2.45, 2.75) is 78.6 Å². The second-order valence-corrected chi connectivity index (χ2v) is 11.3. The van der Waals surface area contributed by atoms with E-state index in [0.717, 1.165) is 68.3 Å². The fraction of sp³-hybridized carbons (Fsp3) is 0.692. The van der Waals surface area contributed by atoms with E-state index in [1.165, 1.54) is 0 Å². The lowest BCUT2D eigenvalue weighted by molar-refractivity contribution is 0.00882. The lowest BCUT2D eigenvalue weighted by Crippen LogP contribution is -2.62. The molecule has 2 N–H and O–H groups in total. The summed E-state index contributed by atoms with van der Waals surface area (Å²) < 4.78 is 5.54. The fourth-order valence-electron chi connectivity index (χ4n) is 5.95. The van der Waals surface area contributed by atoms with Gasteiger partial charge in [-0.25, -0.2) is 14.8 Å². The van der Waals surface area contributed by atoms with Crippen molar-refractivity contribution in [3.63, 3.8) is 0 Å². The van der Waals surface area contributed by atoms with Crippen molar-refractivity contribution in [1.82, 2.24) is 34.9 Å². The lowest BCUT2D eigenvalue weighted by atomic mass is 9.97. The first kappa shape index (κ1) is 25.0. The van der Waals surface area contributed by atoms with Gasteiger partial charge in [0.05, 0.1) is 17.8 Å². The molecule has 196 valence electrons. The molecule has 0 saturated carbocycles. The SMILES string of the molecule is Cc1cc(C)nc(Nc2n[nH]c3c2CN(C(=O)N2C[C@@H](C)N(CC4CCOCC4)C[C@@H]2C)C3(C)C)n1. The molecule has 5 rings (SSSR count). The van der Waals surface area contributed by atoms with Crippen molar-refractivity contribution in [2.24, 2.45) is 5.92 Å². The van der Waals surface area contributed by atoms with E-state index < -0.39 is 5.54 Å². The van der Waals surface area contributed by atoms with Crippen LogP contribution in [-0.4, -0.2) is 85.8 Å². The highest BCUT2D eigenvalue weighted by atomic mass is 16.5. The summed E-state index contributed by atoms with van der Waals surface area (Å²) in [6.07, 6.45) is 2.27. The largest absolute Gasteiger partial charge is 0.381 e. The third-order valence-electron chi connectivity index (χ3n) is 8.11. The Morgan fingerprint density at radius 2 is 1.83 bits per heavy atom. The van der Waals surface area contributed by atoms with Gasteiger partial charge < -0.3 is 19.9 Å². The van der Waals surface area contributed by atoms with Crippen LogP contribution in [0, 0.1) is 19.8 Å². The van der Waals surface area contributed by atoms with Crippen LogP contribution in [0.4, 0.5) is 16.6 Å². The van der Waals surface area contributed by atoms with Crippen LogP contribution in [0.15, 0.2) is 6.07 Å². The van der Waals surface area contributed by atoms with Gasteiger partial charge in [0.25, 0.3) is 0 Å². The molecule has 2 aromatic heterocycles. The number of nitrogens with one attached hydrogen (secondary N) is 2. The molecular formula is C26H40N8O2. The maximum Gasteiger partial charge on any atom is 0.321 e. The normalized spacial score (nSPS) is 24.7. The highest BCUT2D eigenvalue weighted by molar-refractivity contribution is 5.78. The van der Waals surface area contributed by atoms with E-state index >= 15 is 0 Å². The number of rotatable bonds is 4. The third-order valence-corrected chi connectivity index (χ3v) is 8.11. The fourth-order valence-corrected chi connectivity index (χ4v) is 5.95. The molecule has 3 aliphatic heterocycles. The van der Waals surface area contributed by atoms with Crippen molar-refractivity contribution >= 4 is 17.8 Å². The lowest BCUT2D eigenvalue weighted by Gasteiger charge is -2.47. The zero-order valence-corrected chi connectivity index (χ0v) is 22.5. The molecule has 5 heterocycles. The molecule has 36 heavy (non-hydrogen) atoms. The summed E-state index contributed by atoms with van der Waals surface area (Å²) in [5.41, 5.74) is 3.25. The number of ether oxygens (including phenoxy) is 1. The van der Waals surface area contributed by atoms with Gasteiger partial charge in [0.15, 0.2) is 5.82 Å². The van der Waals surface area contributed by atoms with Crippen LogP contribution in [-0.2, 0) is 16.8 Å². The van der Waals surface area contributed by atoms with Gasteiger partial charge in [-0.1, -0.05) is 0 Å². The summed E-state index contributed by atoms with van der Waals surface area (Å²) in [6, 6.07) is 2.51. The smallest absolute Gasteiger partial charge is 0.321 e. The van der Waals surface area contributed by atoms with Crippen molar-refractivity contribution in [3.05, 3.63) is 28.7 Å².